The van der Waals surface area contributed by atoms with Gasteiger partial charge in [0, 0.05) is 11.3 Å². The third-order valence-electron chi connectivity index (χ3n) is 4.69. The van der Waals surface area contributed by atoms with Gasteiger partial charge < -0.3 is 10.6 Å². The summed E-state index contributed by atoms with van der Waals surface area (Å²) < 4.78 is 1.95. The fraction of sp³-hybridized carbons (Fsp3) is 0.238. The van der Waals surface area contributed by atoms with Crippen LogP contribution in [0.2, 0.25) is 0 Å². The van der Waals surface area contributed by atoms with E-state index in [9.17, 15) is 9.59 Å². The van der Waals surface area contributed by atoms with Gasteiger partial charge in [-0.3, -0.25) is 19.3 Å². The van der Waals surface area contributed by atoms with Gasteiger partial charge in [0.1, 0.15) is 6.54 Å². The van der Waals surface area contributed by atoms with Crippen LogP contribution in [-0.2, 0) is 16.1 Å². The molecule has 3 aromatic rings. The average molecular weight is 410 g/mol. The highest BCUT2D eigenvalue weighted by Gasteiger charge is 2.13. The minimum Gasteiger partial charge on any atom is -0.345 e. The van der Waals surface area contributed by atoms with Gasteiger partial charge in [-0.2, -0.15) is 5.10 Å². The van der Waals surface area contributed by atoms with Crippen molar-refractivity contribution in [2.45, 2.75) is 27.3 Å². The lowest BCUT2D eigenvalue weighted by Gasteiger charge is -2.11. The van der Waals surface area contributed by atoms with Crippen LogP contribution in [0.5, 0.6) is 0 Å². The molecule has 0 saturated heterocycles. The maximum absolute atomic E-state index is 12.4. The van der Waals surface area contributed by atoms with Crippen molar-refractivity contribution in [3.05, 3.63) is 63.9 Å². The largest absolute Gasteiger partial charge is 0.345 e. The highest BCUT2D eigenvalue weighted by Crippen LogP contribution is 2.18. The van der Waals surface area contributed by atoms with Gasteiger partial charge in [0.2, 0.25) is 11.8 Å². The third-order valence-corrected chi connectivity index (χ3v) is 5.01. The van der Waals surface area contributed by atoms with Crippen LogP contribution in [0.4, 0.5) is 5.69 Å². The number of nitrogens with one attached hydrogen (secondary N) is 3. The Balaban J connectivity index is 1.62. The summed E-state index contributed by atoms with van der Waals surface area (Å²) in [6.45, 7) is 5.76. The summed E-state index contributed by atoms with van der Waals surface area (Å²) >= 11 is 5.25. The lowest BCUT2D eigenvalue weighted by Crippen LogP contribution is -2.35. The molecule has 3 N–H and O–H groups in total. The Kier molecular flexibility index (Phi) is 6.23. The van der Waals surface area contributed by atoms with Crippen LogP contribution in [0.15, 0.2) is 42.5 Å². The minimum absolute atomic E-state index is 0.0324. The van der Waals surface area contributed by atoms with Gasteiger partial charge >= 0.3 is 0 Å². The smallest absolute Gasteiger partial charge is 0.243 e. The molecule has 0 aliphatic rings. The van der Waals surface area contributed by atoms with Crippen LogP contribution in [0.3, 0.4) is 0 Å². The van der Waals surface area contributed by atoms with Crippen molar-refractivity contribution in [3.8, 4) is 11.4 Å². The molecule has 0 saturated carbocycles. The Bertz CT molecular complexity index is 1100. The van der Waals surface area contributed by atoms with Crippen LogP contribution < -0.4 is 10.6 Å². The van der Waals surface area contributed by atoms with E-state index in [0.717, 1.165) is 27.9 Å². The number of H-pyrrole nitrogens is 1. The average Bonchev–Trinajstić information content (AvgIpc) is 3.05. The Morgan fingerprint density at radius 2 is 1.79 bits per heavy atom. The number of aromatic nitrogens is 3. The van der Waals surface area contributed by atoms with E-state index >= 15 is 0 Å². The first-order chi connectivity index (χ1) is 13.8. The van der Waals surface area contributed by atoms with Crippen molar-refractivity contribution in [2.24, 2.45) is 0 Å². The number of hydrogen-bond acceptors (Lipinski definition) is 4. The summed E-state index contributed by atoms with van der Waals surface area (Å²) in [7, 11) is 0. The maximum atomic E-state index is 12.4. The van der Waals surface area contributed by atoms with E-state index in [-0.39, 0.29) is 24.9 Å². The molecule has 7 nitrogen and oxygen atoms in total. The number of aromatic amines is 1. The maximum Gasteiger partial charge on any atom is 0.243 e. The number of anilines is 1. The third kappa shape index (κ3) is 4.97. The number of nitrogens with zero attached hydrogens (tertiary/aromatic N) is 2. The molecule has 2 amide bonds. The van der Waals surface area contributed by atoms with E-state index < -0.39 is 0 Å². The van der Waals surface area contributed by atoms with Crippen molar-refractivity contribution in [1.29, 1.82) is 0 Å². The lowest BCUT2D eigenvalue weighted by atomic mass is 10.1. The van der Waals surface area contributed by atoms with Gasteiger partial charge in [-0.25, -0.2) is 0 Å². The van der Waals surface area contributed by atoms with Gasteiger partial charge in [-0.1, -0.05) is 42.0 Å². The summed E-state index contributed by atoms with van der Waals surface area (Å²) in [4.78, 5) is 24.6. The SMILES string of the molecule is Cc1ccc(-c2n[nH]c(=S)n2CC(=O)NCC(=O)Nc2cccc(C)c2C)cc1. The number of aryl methyl sites for hydroxylation is 2. The van der Waals surface area contributed by atoms with Crippen molar-refractivity contribution in [2.75, 3.05) is 11.9 Å². The highest BCUT2D eigenvalue weighted by molar-refractivity contribution is 7.71. The molecule has 1 aromatic heterocycles. The van der Waals surface area contributed by atoms with Crippen molar-refractivity contribution >= 4 is 29.7 Å². The Labute approximate surface area is 174 Å². The number of hydrogen-bond donors (Lipinski definition) is 3. The van der Waals surface area contributed by atoms with Gasteiger partial charge in [0.15, 0.2) is 10.6 Å². The normalized spacial score (nSPS) is 10.6. The van der Waals surface area contributed by atoms with E-state index in [2.05, 4.69) is 20.8 Å². The molecule has 2 aromatic carbocycles. The molecule has 0 aliphatic carbocycles. The minimum atomic E-state index is -0.327. The quantitative estimate of drug-likeness (QED) is 0.545. The number of benzene rings is 2. The zero-order valence-corrected chi connectivity index (χ0v) is 17.4. The number of carbonyl (C=O) groups is 2. The molecule has 0 atom stereocenters. The second kappa shape index (κ2) is 8.83. The molecule has 3 rings (SSSR count). The first-order valence-electron chi connectivity index (χ1n) is 9.20. The van der Waals surface area contributed by atoms with Crippen LogP contribution >= 0.6 is 12.2 Å². The van der Waals surface area contributed by atoms with Crippen LogP contribution in [-0.4, -0.2) is 33.1 Å². The molecule has 8 heteroatoms. The fourth-order valence-electron chi connectivity index (χ4n) is 2.85. The number of carbonyl (C=O) groups excluding carboxylic acids is 2. The van der Waals surface area contributed by atoms with Gasteiger partial charge in [-0.15, -0.1) is 0 Å². The molecular formula is C21H23N5O2S. The van der Waals surface area contributed by atoms with Crippen molar-refractivity contribution in [1.82, 2.24) is 20.1 Å². The van der Waals surface area contributed by atoms with Gasteiger partial charge in [0.25, 0.3) is 0 Å². The summed E-state index contributed by atoms with van der Waals surface area (Å²) in [5.74, 6) is -0.0430. The Morgan fingerprint density at radius 3 is 2.52 bits per heavy atom. The Morgan fingerprint density at radius 1 is 1.07 bits per heavy atom. The monoisotopic (exact) mass is 409 g/mol. The van der Waals surface area contributed by atoms with Crippen LogP contribution in [0, 0.1) is 25.5 Å². The molecular weight excluding hydrogens is 386 g/mol. The molecule has 0 radical (unpaired) electrons. The first-order valence-corrected chi connectivity index (χ1v) is 9.61. The Hall–Kier alpha value is -3.26. The fourth-order valence-corrected chi connectivity index (χ4v) is 3.04. The summed E-state index contributed by atoms with van der Waals surface area (Å²) in [5.41, 5.74) is 4.80. The van der Waals surface area contributed by atoms with Crippen LogP contribution in [0.1, 0.15) is 16.7 Å². The number of amides is 2. The van der Waals surface area contributed by atoms with E-state index in [0.29, 0.717) is 10.6 Å². The van der Waals surface area contributed by atoms with Crippen molar-refractivity contribution < 1.29 is 9.59 Å². The highest BCUT2D eigenvalue weighted by atomic mass is 32.1. The van der Waals surface area contributed by atoms with Crippen LogP contribution in [0.25, 0.3) is 11.4 Å². The second-order valence-electron chi connectivity index (χ2n) is 6.88. The molecule has 1 heterocycles. The lowest BCUT2D eigenvalue weighted by molar-refractivity contribution is -0.124. The molecule has 29 heavy (non-hydrogen) atoms. The van der Waals surface area contributed by atoms with Gasteiger partial charge in [-0.05, 0) is 50.2 Å². The predicted octanol–water partition coefficient (Wildman–Crippen LogP) is 3.29. The molecule has 0 fully saturated rings. The van der Waals surface area contributed by atoms with E-state index in [4.69, 9.17) is 12.2 Å². The van der Waals surface area contributed by atoms with E-state index in [1.54, 1.807) is 4.57 Å². The zero-order valence-electron chi connectivity index (χ0n) is 16.6. The zero-order chi connectivity index (χ0) is 21.0. The second-order valence-corrected chi connectivity index (χ2v) is 7.26. The van der Waals surface area contributed by atoms with E-state index in [1.807, 2.05) is 63.2 Å². The first kappa shape index (κ1) is 20.5. The number of rotatable bonds is 6. The summed E-state index contributed by atoms with van der Waals surface area (Å²) in [6, 6.07) is 13.5. The van der Waals surface area contributed by atoms with E-state index in [1.165, 1.54) is 0 Å². The predicted molar refractivity (Wildman–Crippen MR) is 115 cm³/mol. The molecule has 0 spiro atoms. The van der Waals surface area contributed by atoms with Gasteiger partial charge in [0.05, 0.1) is 6.54 Å². The topological polar surface area (TPSA) is 91.8 Å². The molecule has 0 unspecified atom stereocenters. The standard InChI is InChI=1S/C21H23N5O2S/c1-13-7-9-16(10-8-13)20-24-25-21(29)26(20)12-19(28)22-11-18(27)23-17-6-4-5-14(2)15(17)3/h4-10H,11-12H2,1-3H3,(H,22,28)(H,23,27)(H,25,29). The van der Waals surface area contributed by atoms with Crippen molar-refractivity contribution in [3.63, 3.8) is 0 Å². The summed E-state index contributed by atoms with van der Waals surface area (Å²) in [5, 5.41) is 12.4. The molecule has 150 valence electrons. The summed E-state index contributed by atoms with van der Waals surface area (Å²) in [6.07, 6.45) is 0. The molecule has 0 aliphatic heterocycles. The molecule has 0 bridgehead atoms.